The highest BCUT2D eigenvalue weighted by molar-refractivity contribution is 9.10. The van der Waals surface area contributed by atoms with Crippen LogP contribution in [-0.4, -0.2) is 11.7 Å². The summed E-state index contributed by atoms with van der Waals surface area (Å²) in [5.41, 5.74) is 1.16. The minimum atomic E-state index is -0.231. The van der Waals surface area contributed by atoms with Crippen LogP contribution in [0.3, 0.4) is 0 Å². The van der Waals surface area contributed by atoms with Gasteiger partial charge >= 0.3 is 0 Å². The van der Waals surface area contributed by atoms with Crippen LogP contribution in [0.25, 0.3) is 0 Å². The molecule has 0 radical (unpaired) electrons. The summed E-state index contributed by atoms with van der Waals surface area (Å²) in [5.74, 6) is -0.231. The van der Waals surface area contributed by atoms with Crippen molar-refractivity contribution < 1.29 is 9.50 Å². The molecule has 0 amide bonds. The molecule has 2 rings (SSSR count). The van der Waals surface area contributed by atoms with Crippen LogP contribution in [-0.2, 0) is 6.42 Å². The quantitative estimate of drug-likeness (QED) is 0.896. The number of rotatable bonds is 3. The molecule has 3 heteroatoms. The van der Waals surface area contributed by atoms with Crippen LogP contribution in [0.1, 0.15) is 24.8 Å². The zero-order valence-electron chi connectivity index (χ0n) is 8.47. The molecule has 0 aliphatic heterocycles. The van der Waals surface area contributed by atoms with Crippen molar-refractivity contribution in [3.8, 4) is 0 Å². The molecule has 82 valence electrons. The first-order chi connectivity index (χ1) is 7.15. The fraction of sp³-hybridized carbons (Fsp3) is 0.500. The summed E-state index contributed by atoms with van der Waals surface area (Å²) in [6.07, 6.45) is 4.21. The normalized spacial score (nSPS) is 18.6. The predicted molar refractivity (Wildman–Crippen MR) is 61.2 cm³/mol. The monoisotopic (exact) mass is 272 g/mol. The Hall–Kier alpha value is -0.410. The number of benzene rings is 1. The Morgan fingerprint density at radius 3 is 2.60 bits per heavy atom. The van der Waals surface area contributed by atoms with Gasteiger partial charge in [0.1, 0.15) is 5.82 Å². The van der Waals surface area contributed by atoms with Crippen molar-refractivity contribution in [1.82, 2.24) is 0 Å². The molecule has 1 aromatic carbocycles. The van der Waals surface area contributed by atoms with Crippen molar-refractivity contribution in [3.63, 3.8) is 0 Å². The molecular weight excluding hydrogens is 259 g/mol. The second-order valence-corrected chi connectivity index (χ2v) is 5.29. The van der Waals surface area contributed by atoms with E-state index in [2.05, 4.69) is 15.9 Å². The molecule has 0 saturated heterocycles. The summed E-state index contributed by atoms with van der Waals surface area (Å²) in [6.45, 7) is 0.238. The third-order valence-corrected chi connectivity index (χ3v) is 3.92. The predicted octanol–water partition coefficient (Wildman–Crippen LogP) is 3.29. The van der Waals surface area contributed by atoms with E-state index < -0.39 is 0 Å². The lowest BCUT2D eigenvalue weighted by atomic mass is 9.66. The first-order valence-corrected chi connectivity index (χ1v) is 5.99. The second-order valence-electron chi connectivity index (χ2n) is 4.44. The zero-order valence-corrected chi connectivity index (χ0v) is 10.1. The number of hydrogen-bond acceptors (Lipinski definition) is 1. The van der Waals surface area contributed by atoms with Crippen LogP contribution in [0.2, 0.25) is 0 Å². The molecule has 0 atom stereocenters. The lowest BCUT2D eigenvalue weighted by Gasteiger charge is -2.40. The van der Waals surface area contributed by atoms with Crippen molar-refractivity contribution in [2.24, 2.45) is 5.41 Å². The van der Waals surface area contributed by atoms with Crippen LogP contribution in [0, 0.1) is 11.2 Å². The van der Waals surface area contributed by atoms with E-state index in [0.717, 1.165) is 24.8 Å². The standard InChI is InChI=1S/C12H14BrFO/c13-10-6-9(2-3-11(10)14)7-12(8-15)4-1-5-12/h2-3,6,15H,1,4-5,7-8H2. The summed E-state index contributed by atoms with van der Waals surface area (Å²) in [4.78, 5) is 0. The molecule has 1 aliphatic carbocycles. The minimum absolute atomic E-state index is 0.0667. The van der Waals surface area contributed by atoms with Gasteiger partial charge < -0.3 is 5.11 Å². The molecule has 1 saturated carbocycles. The Morgan fingerprint density at radius 2 is 2.13 bits per heavy atom. The van der Waals surface area contributed by atoms with Gasteiger partial charge in [-0.05, 0) is 58.3 Å². The van der Waals surface area contributed by atoms with Gasteiger partial charge in [0, 0.05) is 6.61 Å². The second kappa shape index (κ2) is 4.22. The maximum atomic E-state index is 13.0. The first-order valence-electron chi connectivity index (χ1n) is 5.20. The van der Waals surface area contributed by atoms with Gasteiger partial charge in [-0.25, -0.2) is 4.39 Å². The van der Waals surface area contributed by atoms with Gasteiger partial charge in [0.25, 0.3) is 0 Å². The Balaban J connectivity index is 2.13. The Kier molecular flexibility index (Phi) is 3.12. The van der Waals surface area contributed by atoms with Gasteiger partial charge in [-0.3, -0.25) is 0 Å². The van der Waals surface area contributed by atoms with Crippen molar-refractivity contribution in [1.29, 1.82) is 0 Å². The number of aliphatic hydroxyl groups excluding tert-OH is 1. The minimum Gasteiger partial charge on any atom is -0.396 e. The summed E-state index contributed by atoms with van der Waals surface area (Å²) >= 11 is 3.18. The van der Waals surface area contributed by atoms with Gasteiger partial charge in [0.05, 0.1) is 4.47 Å². The van der Waals surface area contributed by atoms with E-state index in [1.807, 2.05) is 6.07 Å². The van der Waals surface area contributed by atoms with Crippen LogP contribution < -0.4 is 0 Å². The van der Waals surface area contributed by atoms with Crippen molar-refractivity contribution in [2.75, 3.05) is 6.61 Å². The highest BCUT2D eigenvalue weighted by Gasteiger charge is 2.36. The highest BCUT2D eigenvalue weighted by atomic mass is 79.9. The average Bonchev–Trinajstić information content (AvgIpc) is 2.17. The molecule has 0 aromatic heterocycles. The fourth-order valence-electron chi connectivity index (χ4n) is 2.15. The average molecular weight is 273 g/mol. The van der Waals surface area contributed by atoms with E-state index in [1.165, 1.54) is 12.5 Å². The van der Waals surface area contributed by atoms with Crippen molar-refractivity contribution >= 4 is 15.9 Å². The molecule has 0 heterocycles. The third-order valence-electron chi connectivity index (χ3n) is 3.31. The summed E-state index contributed by atoms with van der Waals surface area (Å²) < 4.78 is 13.5. The van der Waals surface area contributed by atoms with E-state index in [4.69, 9.17) is 0 Å². The molecule has 1 aliphatic rings. The zero-order chi connectivity index (χ0) is 10.9. The maximum Gasteiger partial charge on any atom is 0.137 e. The van der Waals surface area contributed by atoms with E-state index in [9.17, 15) is 9.50 Å². The van der Waals surface area contributed by atoms with Crippen LogP contribution in [0.15, 0.2) is 22.7 Å². The topological polar surface area (TPSA) is 20.2 Å². The Morgan fingerprint density at radius 1 is 1.40 bits per heavy atom. The number of halogens is 2. The van der Waals surface area contributed by atoms with Crippen LogP contribution in [0.4, 0.5) is 4.39 Å². The lowest BCUT2D eigenvalue weighted by molar-refractivity contribution is 0.0450. The molecule has 1 aromatic rings. The van der Waals surface area contributed by atoms with E-state index in [0.29, 0.717) is 4.47 Å². The van der Waals surface area contributed by atoms with Crippen molar-refractivity contribution in [2.45, 2.75) is 25.7 Å². The van der Waals surface area contributed by atoms with Gasteiger partial charge in [0.15, 0.2) is 0 Å². The molecule has 1 N–H and O–H groups in total. The fourth-order valence-corrected chi connectivity index (χ4v) is 2.58. The molecular formula is C12H14BrFO. The van der Waals surface area contributed by atoms with Crippen LogP contribution >= 0.6 is 15.9 Å². The van der Waals surface area contributed by atoms with E-state index in [-0.39, 0.29) is 17.8 Å². The highest BCUT2D eigenvalue weighted by Crippen LogP contribution is 2.43. The molecule has 1 fully saturated rings. The maximum absolute atomic E-state index is 13.0. The van der Waals surface area contributed by atoms with Crippen molar-refractivity contribution in [3.05, 3.63) is 34.1 Å². The van der Waals surface area contributed by atoms with Gasteiger partial charge in [-0.2, -0.15) is 0 Å². The van der Waals surface area contributed by atoms with Gasteiger partial charge in [0.2, 0.25) is 0 Å². The van der Waals surface area contributed by atoms with Gasteiger partial charge in [-0.15, -0.1) is 0 Å². The van der Waals surface area contributed by atoms with Crippen LogP contribution in [0.5, 0.6) is 0 Å². The lowest BCUT2D eigenvalue weighted by Crippen LogP contribution is -2.35. The summed E-state index contributed by atoms with van der Waals surface area (Å²) in [6, 6.07) is 5.09. The summed E-state index contributed by atoms with van der Waals surface area (Å²) in [7, 11) is 0. The van der Waals surface area contributed by atoms with E-state index in [1.54, 1.807) is 6.07 Å². The number of hydrogen-bond donors (Lipinski definition) is 1. The first kappa shape index (κ1) is 11.1. The largest absolute Gasteiger partial charge is 0.396 e. The Labute approximate surface area is 97.4 Å². The molecule has 0 unspecified atom stereocenters. The molecule has 0 bridgehead atoms. The molecule has 1 nitrogen and oxygen atoms in total. The summed E-state index contributed by atoms with van der Waals surface area (Å²) in [5, 5.41) is 9.34. The molecule has 15 heavy (non-hydrogen) atoms. The Bertz CT molecular complexity index is 355. The third kappa shape index (κ3) is 2.23. The smallest absolute Gasteiger partial charge is 0.137 e. The SMILES string of the molecule is OCC1(Cc2ccc(F)c(Br)c2)CCC1. The van der Waals surface area contributed by atoms with Gasteiger partial charge in [-0.1, -0.05) is 12.5 Å². The molecule has 0 spiro atoms. The number of aliphatic hydroxyl groups is 1. The van der Waals surface area contributed by atoms with E-state index >= 15 is 0 Å².